The molecule has 2 aromatic carbocycles. The highest BCUT2D eigenvalue weighted by Gasteiger charge is 2.32. The molecule has 2 amide bonds. The lowest BCUT2D eigenvalue weighted by atomic mass is 9.89. The van der Waals surface area contributed by atoms with Crippen LogP contribution in [0.1, 0.15) is 42.7 Å². The molecule has 0 radical (unpaired) electrons. The maximum absolute atomic E-state index is 13.1. The summed E-state index contributed by atoms with van der Waals surface area (Å²) in [6.07, 6.45) is 4.04. The van der Waals surface area contributed by atoms with Crippen molar-refractivity contribution in [2.24, 2.45) is 0 Å². The lowest BCUT2D eigenvalue weighted by molar-refractivity contribution is -0.134. The molecule has 28 heavy (non-hydrogen) atoms. The van der Waals surface area contributed by atoms with Crippen LogP contribution in [-0.2, 0) is 16.1 Å². The van der Waals surface area contributed by atoms with Crippen molar-refractivity contribution in [2.45, 2.75) is 38.1 Å². The van der Waals surface area contributed by atoms with Gasteiger partial charge in [-0.05, 0) is 48.6 Å². The van der Waals surface area contributed by atoms with Crippen molar-refractivity contribution >= 4 is 23.2 Å². The summed E-state index contributed by atoms with van der Waals surface area (Å²) in [5.41, 5.74) is 4.01. The Morgan fingerprint density at radius 3 is 2.54 bits per heavy atom. The van der Waals surface area contributed by atoms with Gasteiger partial charge in [-0.3, -0.25) is 9.59 Å². The number of likely N-dealkylation sites (N-methyl/N-ethyl adjacent to an activating group) is 1. The molecule has 5 nitrogen and oxygen atoms in total. The van der Waals surface area contributed by atoms with Crippen LogP contribution in [0, 0.1) is 0 Å². The molecule has 1 unspecified atom stereocenters. The van der Waals surface area contributed by atoms with Crippen LogP contribution in [0.5, 0.6) is 0 Å². The van der Waals surface area contributed by atoms with Gasteiger partial charge < -0.3 is 15.1 Å². The van der Waals surface area contributed by atoms with E-state index < -0.39 is 5.92 Å². The number of fused-ring (bicyclic) bond motifs is 1. The van der Waals surface area contributed by atoms with Gasteiger partial charge in [0, 0.05) is 44.5 Å². The van der Waals surface area contributed by atoms with Crippen LogP contribution in [0.15, 0.2) is 48.5 Å². The second-order valence-corrected chi connectivity index (χ2v) is 7.80. The second-order valence-electron chi connectivity index (χ2n) is 7.80. The van der Waals surface area contributed by atoms with Crippen LogP contribution in [0.25, 0.3) is 0 Å². The van der Waals surface area contributed by atoms with Crippen molar-refractivity contribution in [1.29, 1.82) is 0 Å². The van der Waals surface area contributed by atoms with Crippen LogP contribution in [0.2, 0.25) is 0 Å². The molecule has 0 spiro atoms. The van der Waals surface area contributed by atoms with Gasteiger partial charge in [0.2, 0.25) is 11.8 Å². The Bertz CT molecular complexity index is 856. The van der Waals surface area contributed by atoms with E-state index in [1.54, 1.807) is 4.90 Å². The Morgan fingerprint density at radius 1 is 1.07 bits per heavy atom. The maximum Gasteiger partial charge on any atom is 0.230 e. The van der Waals surface area contributed by atoms with Gasteiger partial charge in [0.25, 0.3) is 0 Å². The van der Waals surface area contributed by atoms with Crippen LogP contribution < -0.4 is 10.2 Å². The number of anilines is 2. The molecule has 2 aromatic rings. The SMILES string of the molecule is CN(Cc1ccc(N2CCCCC2)cc1)C(=O)C1CC(=O)Nc2ccccc21. The van der Waals surface area contributed by atoms with Crippen molar-refractivity contribution in [3.8, 4) is 0 Å². The number of para-hydroxylation sites is 1. The van der Waals surface area contributed by atoms with Gasteiger partial charge in [0.15, 0.2) is 0 Å². The Hall–Kier alpha value is -2.82. The van der Waals surface area contributed by atoms with E-state index in [1.165, 1.54) is 24.9 Å². The molecular weight excluding hydrogens is 350 g/mol. The smallest absolute Gasteiger partial charge is 0.230 e. The average molecular weight is 377 g/mol. The Labute approximate surface area is 166 Å². The quantitative estimate of drug-likeness (QED) is 0.883. The number of nitrogens with zero attached hydrogens (tertiary/aromatic N) is 2. The number of hydrogen-bond donors (Lipinski definition) is 1. The Balaban J connectivity index is 1.44. The zero-order valence-corrected chi connectivity index (χ0v) is 16.4. The fraction of sp³-hybridized carbons (Fsp3) is 0.391. The molecule has 0 aromatic heterocycles. The fourth-order valence-corrected chi connectivity index (χ4v) is 4.21. The molecule has 5 heteroatoms. The van der Waals surface area contributed by atoms with Crippen molar-refractivity contribution in [2.75, 3.05) is 30.4 Å². The molecule has 1 atom stereocenters. The first kappa shape index (κ1) is 18.5. The average Bonchev–Trinajstić information content (AvgIpc) is 2.73. The van der Waals surface area contributed by atoms with Gasteiger partial charge in [-0.1, -0.05) is 30.3 Å². The van der Waals surface area contributed by atoms with Crippen LogP contribution in [0.4, 0.5) is 11.4 Å². The third-order valence-electron chi connectivity index (χ3n) is 5.75. The highest BCUT2D eigenvalue weighted by atomic mass is 16.2. The molecule has 0 bridgehead atoms. The van der Waals surface area contributed by atoms with Gasteiger partial charge in [0.1, 0.15) is 0 Å². The molecular formula is C23H27N3O2. The number of benzene rings is 2. The van der Waals surface area contributed by atoms with E-state index in [2.05, 4.69) is 34.5 Å². The monoisotopic (exact) mass is 377 g/mol. The predicted molar refractivity (Wildman–Crippen MR) is 111 cm³/mol. The number of hydrogen-bond acceptors (Lipinski definition) is 3. The lowest BCUT2D eigenvalue weighted by Gasteiger charge is -2.30. The number of piperidine rings is 1. The van der Waals surface area contributed by atoms with E-state index in [1.807, 2.05) is 31.3 Å². The molecule has 2 heterocycles. The standard InChI is InChI=1S/C23H27N3O2/c1-25(16-17-9-11-18(12-10-17)26-13-5-2-6-14-26)23(28)20-15-22(27)24-21-8-4-3-7-19(20)21/h3-4,7-12,20H,2,5-6,13-16H2,1H3,(H,24,27). The first-order valence-corrected chi connectivity index (χ1v) is 10.1. The van der Waals surface area contributed by atoms with Gasteiger partial charge in [-0.15, -0.1) is 0 Å². The third-order valence-corrected chi connectivity index (χ3v) is 5.75. The van der Waals surface area contributed by atoms with E-state index >= 15 is 0 Å². The number of carbonyl (C=O) groups excluding carboxylic acids is 2. The third kappa shape index (κ3) is 3.88. The minimum atomic E-state index is -0.414. The molecule has 1 fully saturated rings. The van der Waals surface area contributed by atoms with Crippen molar-refractivity contribution < 1.29 is 9.59 Å². The van der Waals surface area contributed by atoms with Gasteiger partial charge in [0.05, 0.1) is 5.92 Å². The van der Waals surface area contributed by atoms with Crippen LogP contribution in [-0.4, -0.2) is 36.9 Å². The minimum absolute atomic E-state index is 0.0117. The molecule has 0 aliphatic carbocycles. The number of rotatable bonds is 4. The molecule has 2 aliphatic rings. The van der Waals surface area contributed by atoms with Crippen molar-refractivity contribution in [3.05, 3.63) is 59.7 Å². The fourth-order valence-electron chi connectivity index (χ4n) is 4.21. The Morgan fingerprint density at radius 2 is 1.79 bits per heavy atom. The minimum Gasteiger partial charge on any atom is -0.372 e. The summed E-state index contributed by atoms with van der Waals surface area (Å²) in [7, 11) is 1.82. The summed E-state index contributed by atoms with van der Waals surface area (Å²) in [5.74, 6) is -0.527. The highest BCUT2D eigenvalue weighted by Crippen LogP contribution is 2.33. The highest BCUT2D eigenvalue weighted by molar-refractivity contribution is 6.01. The number of carbonyl (C=O) groups is 2. The van der Waals surface area contributed by atoms with Crippen molar-refractivity contribution in [3.63, 3.8) is 0 Å². The number of amides is 2. The summed E-state index contributed by atoms with van der Waals surface area (Å²) < 4.78 is 0. The number of nitrogens with one attached hydrogen (secondary N) is 1. The summed E-state index contributed by atoms with van der Waals surface area (Å²) in [6.45, 7) is 2.79. The molecule has 2 aliphatic heterocycles. The molecule has 1 saturated heterocycles. The van der Waals surface area contributed by atoms with E-state index in [0.29, 0.717) is 6.54 Å². The van der Waals surface area contributed by atoms with Crippen molar-refractivity contribution in [1.82, 2.24) is 4.90 Å². The summed E-state index contributed by atoms with van der Waals surface area (Å²) in [4.78, 5) is 29.2. The first-order valence-electron chi connectivity index (χ1n) is 10.1. The molecule has 0 saturated carbocycles. The Kier molecular flexibility index (Phi) is 5.33. The predicted octanol–water partition coefficient (Wildman–Crippen LogP) is 3.76. The zero-order chi connectivity index (χ0) is 19.5. The summed E-state index contributed by atoms with van der Waals surface area (Å²) in [6, 6.07) is 16.1. The maximum atomic E-state index is 13.1. The van der Waals surface area contributed by atoms with Gasteiger partial charge >= 0.3 is 0 Å². The van der Waals surface area contributed by atoms with Gasteiger partial charge in [-0.25, -0.2) is 0 Å². The van der Waals surface area contributed by atoms with Crippen LogP contribution >= 0.6 is 0 Å². The van der Waals surface area contributed by atoms with Crippen LogP contribution in [0.3, 0.4) is 0 Å². The van der Waals surface area contributed by atoms with Gasteiger partial charge in [-0.2, -0.15) is 0 Å². The summed E-state index contributed by atoms with van der Waals surface area (Å²) in [5, 5.41) is 2.86. The topological polar surface area (TPSA) is 52.7 Å². The first-order chi connectivity index (χ1) is 13.6. The lowest BCUT2D eigenvalue weighted by Crippen LogP contribution is -2.36. The molecule has 1 N–H and O–H groups in total. The van der Waals surface area contributed by atoms with E-state index in [9.17, 15) is 9.59 Å². The van der Waals surface area contributed by atoms with E-state index in [4.69, 9.17) is 0 Å². The largest absolute Gasteiger partial charge is 0.372 e. The molecule has 146 valence electrons. The van der Waals surface area contributed by atoms with E-state index in [0.717, 1.165) is 29.9 Å². The summed E-state index contributed by atoms with van der Waals surface area (Å²) >= 11 is 0. The zero-order valence-electron chi connectivity index (χ0n) is 16.4. The normalized spacial score (nSPS) is 19.0. The second kappa shape index (κ2) is 8.05. The molecule has 4 rings (SSSR count). The van der Waals surface area contributed by atoms with E-state index in [-0.39, 0.29) is 18.2 Å².